The van der Waals surface area contributed by atoms with Crippen LogP contribution in [0, 0.1) is 0 Å². The van der Waals surface area contributed by atoms with Gasteiger partial charge in [-0.1, -0.05) is 107 Å². The van der Waals surface area contributed by atoms with E-state index in [2.05, 4.69) is 55.4 Å². The third-order valence-electron chi connectivity index (χ3n) is 12.5. The molecule has 2 aliphatic heterocycles. The van der Waals surface area contributed by atoms with Gasteiger partial charge in [-0.25, -0.2) is 0 Å². The van der Waals surface area contributed by atoms with Crippen LogP contribution in [0.15, 0.2) is 0 Å². The molecule has 2 aromatic carbocycles. The molecule has 0 atom stereocenters. The molecule has 0 fully saturated rings. The van der Waals surface area contributed by atoms with Crippen LogP contribution in [0.4, 0.5) is 0 Å². The van der Waals surface area contributed by atoms with E-state index in [9.17, 15) is 19.2 Å². The largest absolute Gasteiger partial charge is 0.273 e. The van der Waals surface area contributed by atoms with Gasteiger partial charge in [-0.05, 0) is 147 Å². The summed E-state index contributed by atoms with van der Waals surface area (Å²) in [5.41, 5.74) is 12.1. The number of nitrogens with zero attached hydrogens (tertiary/aromatic N) is 2. The number of rotatable bonds is 27. The van der Waals surface area contributed by atoms with Crippen LogP contribution in [0.25, 0.3) is 0 Å². The molecular formula is C50H76N2O4. The summed E-state index contributed by atoms with van der Waals surface area (Å²) < 4.78 is 0. The molecular weight excluding hydrogens is 693 g/mol. The minimum absolute atomic E-state index is 0.0206. The highest BCUT2D eigenvalue weighted by Gasteiger charge is 2.45. The van der Waals surface area contributed by atoms with Gasteiger partial charge in [0.15, 0.2) is 0 Å². The lowest BCUT2D eigenvalue weighted by molar-refractivity contribution is 0.0560. The van der Waals surface area contributed by atoms with Crippen molar-refractivity contribution in [3.8, 4) is 0 Å². The van der Waals surface area contributed by atoms with E-state index in [1.807, 2.05) is 0 Å². The number of carbonyl (C=O) groups excluding carboxylic acids is 4. The average molecular weight is 769 g/mol. The molecule has 0 radical (unpaired) electrons. The van der Waals surface area contributed by atoms with Gasteiger partial charge < -0.3 is 0 Å². The predicted octanol–water partition coefficient (Wildman–Crippen LogP) is 12.3. The molecule has 2 heterocycles. The fraction of sp³-hybridized carbons (Fsp3) is 0.680. The molecule has 6 heteroatoms. The maximum atomic E-state index is 14.7. The molecule has 4 amide bonds. The van der Waals surface area contributed by atoms with Gasteiger partial charge in [0.25, 0.3) is 23.6 Å². The van der Waals surface area contributed by atoms with Crippen molar-refractivity contribution in [3.63, 3.8) is 0 Å². The average Bonchev–Trinajstić information content (AvgIpc) is 3.59. The molecule has 56 heavy (non-hydrogen) atoms. The number of hydrogen-bond donors (Lipinski definition) is 0. The Balaban J connectivity index is 1.82. The van der Waals surface area contributed by atoms with Crippen molar-refractivity contribution < 1.29 is 19.2 Å². The highest BCUT2D eigenvalue weighted by Crippen LogP contribution is 2.40. The molecule has 310 valence electrons. The normalized spacial score (nSPS) is 13.9. The smallest absolute Gasteiger partial charge is 0.261 e. The van der Waals surface area contributed by atoms with Crippen LogP contribution in [0.2, 0.25) is 0 Å². The van der Waals surface area contributed by atoms with Gasteiger partial charge in [-0.15, -0.1) is 0 Å². The molecule has 0 bridgehead atoms. The molecule has 4 rings (SSSR count). The summed E-state index contributed by atoms with van der Waals surface area (Å²) in [4.78, 5) is 61.6. The van der Waals surface area contributed by atoms with Gasteiger partial charge in [0.05, 0.1) is 22.3 Å². The molecule has 0 spiro atoms. The third kappa shape index (κ3) is 9.70. The lowest BCUT2D eigenvalue weighted by Gasteiger charge is -2.23. The summed E-state index contributed by atoms with van der Waals surface area (Å²) in [7, 11) is 0. The molecule has 2 aromatic rings. The quantitative estimate of drug-likeness (QED) is 0.0848. The van der Waals surface area contributed by atoms with Crippen LogP contribution in [-0.4, -0.2) is 46.5 Å². The Morgan fingerprint density at radius 1 is 0.268 bits per heavy atom. The van der Waals surface area contributed by atoms with Gasteiger partial charge in [0.2, 0.25) is 0 Å². The van der Waals surface area contributed by atoms with Gasteiger partial charge >= 0.3 is 0 Å². The van der Waals surface area contributed by atoms with E-state index in [0.29, 0.717) is 22.3 Å². The van der Waals surface area contributed by atoms with E-state index in [-0.39, 0.29) is 36.7 Å². The Labute approximate surface area is 341 Å². The highest BCUT2D eigenvalue weighted by atomic mass is 16.2. The second-order valence-electron chi connectivity index (χ2n) is 16.7. The molecule has 2 aliphatic rings. The summed E-state index contributed by atoms with van der Waals surface area (Å²) in [6, 6.07) is 0. The Morgan fingerprint density at radius 3 is 0.589 bits per heavy atom. The SMILES string of the molecule is CCCCc1c(CCCC)c(CCCC)c2c(c1CCCC)C(=O)N(CCN1C(=O)c3c(CCCC)c(CCCC)c(CCCC)c(CCCC)c3C1=O)C2=O. The summed E-state index contributed by atoms with van der Waals surface area (Å²) in [6.45, 7) is 17.6. The minimum Gasteiger partial charge on any atom is -0.273 e. The van der Waals surface area contributed by atoms with Crippen molar-refractivity contribution in [2.24, 2.45) is 0 Å². The topological polar surface area (TPSA) is 74.8 Å². The zero-order chi connectivity index (χ0) is 40.8. The number of hydrogen-bond acceptors (Lipinski definition) is 4. The van der Waals surface area contributed by atoms with E-state index in [4.69, 9.17) is 0 Å². The van der Waals surface area contributed by atoms with Crippen molar-refractivity contribution in [3.05, 3.63) is 66.8 Å². The predicted molar refractivity (Wildman–Crippen MR) is 233 cm³/mol. The Bertz CT molecular complexity index is 1450. The van der Waals surface area contributed by atoms with Crippen molar-refractivity contribution in [1.29, 1.82) is 0 Å². The van der Waals surface area contributed by atoms with Crippen molar-refractivity contribution in [1.82, 2.24) is 9.80 Å². The van der Waals surface area contributed by atoms with Crippen LogP contribution < -0.4 is 0 Å². The van der Waals surface area contributed by atoms with Crippen LogP contribution in [0.1, 0.15) is 244 Å². The zero-order valence-corrected chi connectivity index (χ0v) is 36.9. The number of benzene rings is 2. The number of fused-ring (bicyclic) bond motifs is 2. The fourth-order valence-electron chi connectivity index (χ4n) is 9.35. The molecule has 6 nitrogen and oxygen atoms in total. The van der Waals surface area contributed by atoms with E-state index in [1.165, 1.54) is 32.1 Å². The summed E-state index contributed by atoms with van der Waals surface area (Å²) >= 11 is 0. The van der Waals surface area contributed by atoms with Crippen LogP contribution in [-0.2, 0) is 51.4 Å². The first-order valence-electron chi connectivity index (χ1n) is 23.3. The highest BCUT2D eigenvalue weighted by molar-refractivity contribution is 6.24. The summed E-state index contributed by atoms with van der Waals surface area (Å²) in [6.07, 6.45) is 23.3. The van der Waals surface area contributed by atoms with Crippen molar-refractivity contribution >= 4 is 23.6 Å². The van der Waals surface area contributed by atoms with Crippen LogP contribution in [0.5, 0.6) is 0 Å². The second kappa shape index (κ2) is 22.6. The molecule has 0 unspecified atom stereocenters. The van der Waals surface area contributed by atoms with E-state index < -0.39 is 0 Å². The minimum atomic E-state index is -0.235. The van der Waals surface area contributed by atoms with Gasteiger partial charge in [0, 0.05) is 13.1 Å². The maximum Gasteiger partial charge on any atom is 0.261 e. The molecule has 0 saturated heterocycles. The zero-order valence-electron chi connectivity index (χ0n) is 36.9. The van der Waals surface area contributed by atoms with Crippen molar-refractivity contribution in [2.45, 2.75) is 209 Å². The molecule has 0 saturated carbocycles. The van der Waals surface area contributed by atoms with E-state index >= 15 is 0 Å². The fourth-order valence-corrected chi connectivity index (χ4v) is 9.35. The summed E-state index contributed by atoms with van der Waals surface area (Å²) in [5, 5.41) is 0. The molecule has 0 aromatic heterocycles. The maximum absolute atomic E-state index is 14.7. The Hall–Kier alpha value is -3.28. The second-order valence-corrected chi connectivity index (χ2v) is 16.7. The number of amides is 4. The monoisotopic (exact) mass is 769 g/mol. The van der Waals surface area contributed by atoms with Crippen LogP contribution >= 0.6 is 0 Å². The summed E-state index contributed by atoms with van der Waals surface area (Å²) in [5.74, 6) is -0.940. The first-order valence-corrected chi connectivity index (χ1v) is 23.3. The lowest BCUT2D eigenvalue weighted by Crippen LogP contribution is -2.40. The number of carbonyl (C=O) groups is 4. The molecule has 0 N–H and O–H groups in total. The first kappa shape index (κ1) is 45.4. The lowest BCUT2D eigenvalue weighted by atomic mass is 9.80. The van der Waals surface area contributed by atoms with E-state index in [1.54, 1.807) is 0 Å². The Morgan fingerprint density at radius 2 is 0.429 bits per heavy atom. The Kier molecular flexibility index (Phi) is 18.3. The van der Waals surface area contributed by atoms with Crippen molar-refractivity contribution in [2.75, 3.05) is 13.1 Å². The number of unbranched alkanes of at least 4 members (excludes halogenated alkanes) is 8. The first-order chi connectivity index (χ1) is 27.2. The third-order valence-corrected chi connectivity index (χ3v) is 12.5. The van der Waals surface area contributed by atoms with Gasteiger partial charge in [-0.3, -0.25) is 29.0 Å². The van der Waals surface area contributed by atoms with E-state index in [0.717, 1.165) is 176 Å². The van der Waals surface area contributed by atoms with Crippen LogP contribution in [0.3, 0.4) is 0 Å². The van der Waals surface area contributed by atoms with Gasteiger partial charge in [-0.2, -0.15) is 0 Å². The molecule has 0 aliphatic carbocycles. The standard InChI is InChI=1S/C50H76N2O4/c1-9-17-25-35-36(26-18-10-2)40(30-22-14-6)44-43(39(35)29-21-13-5)47(53)51(48(44)54)33-34-52-49(55)45-41(31-23-15-7)37(27-19-11-3)38(28-20-12-4)42(32-24-16-8)46(45)50(52)56/h9-34H2,1-8H3. The number of imide groups is 2. The van der Waals surface area contributed by atoms with Gasteiger partial charge in [0.1, 0.15) is 0 Å².